The summed E-state index contributed by atoms with van der Waals surface area (Å²) < 4.78 is 0. The number of rotatable bonds is 7. The Morgan fingerprint density at radius 1 is 1.21 bits per heavy atom. The Labute approximate surface area is 168 Å². The first-order chi connectivity index (χ1) is 13.6. The molecule has 1 aliphatic rings. The van der Waals surface area contributed by atoms with Crippen molar-refractivity contribution in [1.82, 2.24) is 19.8 Å². The third kappa shape index (κ3) is 5.16. The lowest BCUT2D eigenvalue weighted by Crippen LogP contribution is -2.41. The minimum Gasteiger partial charge on any atom is -0.339 e. The van der Waals surface area contributed by atoms with E-state index in [1.54, 1.807) is 6.20 Å². The summed E-state index contributed by atoms with van der Waals surface area (Å²) in [5.74, 6) is 0.631. The molecule has 2 heterocycles. The fraction of sp³-hybridized carbons (Fsp3) is 0.522. The SMILES string of the molecule is CCN(CC1CCN(CCc2ccccc2C)CC1)C(=O)c1cncnc1C. The van der Waals surface area contributed by atoms with Crippen LogP contribution >= 0.6 is 0 Å². The summed E-state index contributed by atoms with van der Waals surface area (Å²) >= 11 is 0. The van der Waals surface area contributed by atoms with Gasteiger partial charge in [-0.25, -0.2) is 9.97 Å². The van der Waals surface area contributed by atoms with Gasteiger partial charge in [-0.05, 0) is 70.2 Å². The van der Waals surface area contributed by atoms with E-state index in [1.807, 2.05) is 18.7 Å². The Kier molecular flexibility index (Phi) is 7.15. The van der Waals surface area contributed by atoms with Crippen molar-refractivity contribution < 1.29 is 4.79 Å². The van der Waals surface area contributed by atoms with E-state index in [9.17, 15) is 4.79 Å². The van der Waals surface area contributed by atoms with Crippen LogP contribution in [-0.4, -0.2) is 58.4 Å². The van der Waals surface area contributed by atoms with Crippen molar-refractivity contribution in [3.8, 4) is 0 Å². The zero-order chi connectivity index (χ0) is 19.9. The standard InChI is InChI=1S/C23H32N4O/c1-4-27(23(28)22-15-24-17-25-19(22)3)16-20-9-12-26(13-10-20)14-11-21-8-6-5-7-18(21)2/h5-8,15,17,20H,4,9-14,16H2,1-3H3. The summed E-state index contributed by atoms with van der Waals surface area (Å²) in [7, 11) is 0. The normalized spacial score (nSPS) is 15.5. The molecule has 0 radical (unpaired) electrons. The molecule has 3 rings (SSSR count). The van der Waals surface area contributed by atoms with E-state index in [-0.39, 0.29) is 5.91 Å². The number of hydrogen-bond acceptors (Lipinski definition) is 4. The Hall–Kier alpha value is -2.27. The number of piperidine rings is 1. The molecule has 1 fully saturated rings. The van der Waals surface area contributed by atoms with Gasteiger partial charge in [0.2, 0.25) is 0 Å². The van der Waals surface area contributed by atoms with Crippen molar-refractivity contribution in [2.24, 2.45) is 5.92 Å². The van der Waals surface area contributed by atoms with Gasteiger partial charge in [0.15, 0.2) is 0 Å². The number of likely N-dealkylation sites (tertiary alicyclic amines) is 1. The number of nitrogens with zero attached hydrogens (tertiary/aromatic N) is 4. The molecule has 2 aromatic rings. The highest BCUT2D eigenvalue weighted by molar-refractivity contribution is 5.94. The van der Waals surface area contributed by atoms with Crippen LogP contribution in [0.25, 0.3) is 0 Å². The fourth-order valence-corrected chi connectivity index (χ4v) is 4.00. The minimum absolute atomic E-state index is 0.0579. The first kappa shape index (κ1) is 20.5. The Balaban J connectivity index is 1.48. The van der Waals surface area contributed by atoms with Crippen molar-refractivity contribution >= 4 is 5.91 Å². The van der Waals surface area contributed by atoms with Gasteiger partial charge in [-0.15, -0.1) is 0 Å². The van der Waals surface area contributed by atoms with Gasteiger partial charge in [-0.1, -0.05) is 24.3 Å². The second kappa shape index (κ2) is 9.78. The van der Waals surface area contributed by atoms with E-state index in [0.29, 0.717) is 11.5 Å². The summed E-state index contributed by atoms with van der Waals surface area (Å²) in [6, 6.07) is 8.66. The lowest BCUT2D eigenvalue weighted by atomic mass is 9.95. The number of hydrogen-bond donors (Lipinski definition) is 0. The van der Waals surface area contributed by atoms with Crippen LogP contribution in [0.2, 0.25) is 0 Å². The molecular weight excluding hydrogens is 348 g/mol. The Morgan fingerprint density at radius 3 is 2.64 bits per heavy atom. The highest BCUT2D eigenvalue weighted by atomic mass is 16.2. The number of aromatic nitrogens is 2. The zero-order valence-corrected chi connectivity index (χ0v) is 17.4. The van der Waals surface area contributed by atoms with Crippen LogP contribution in [0.3, 0.4) is 0 Å². The average Bonchev–Trinajstić information content (AvgIpc) is 2.72. The monoisotopic (exact) mass is 380 g/mol. The molecule has 0 saturated carbocycles. The Bertz CT molecular complexity index is 784. The number of carbonyl (C=O) groups is 1. The van der Waals surface area contributed by atoms with Crippen molar-refractivity contribution in [3.05, 3.63) is 59.2 Å². The van der Waals surface area contributed by atoms with Gasteiger partial charge in [0.25, 0.3) is 5.91 Å². The predicted molar refractivity (Wildman–Crippen MR) is 112 cm³/mol. The van der Waals surface area contributed by atoms with Crippen LogP contribution in [0.5, 0.6) is 0 Å². The molecular formula is C23H32N4O. The largest absolute Gasteiger partial charge is 0.339 e. The fourth-order valence-electron chi connectivity index (χ4n) is 4.00. The number of aryl methyl sites for hydroxylation is 2. The van der Waals surface area contributed by atoms with Gasteiger partial charge in [-0.2, -0.15) is 0 Å². The highest BCUT2D eigenvalue weighted by Gasteiger charge is 2.24. The molecule has 5 nitrogen and oxygen atoms in total. The van der Waals surface area contributed by atoms with Gasteiger partial charge >= 0.3 is 0 Å². The molecule has 1 saturated heterocycles. The first-order valence-electron chi connectivity index (χ1n) is 10.4. The van der Waals surface area contributed by atoms with Crippen LogP contribution in [-0.2, 0) is 6.42 Å². The van der Waals surface area contributed by atoms with Crippen LogP contribution < -0.4 is 0 Å². The molecule has 1 amide bonds. The summed E-state index contributed by atoms with van der Waals surface area (Å²) in [5.41, 5.74) is 4.21. The lowest BCUT2D eigenvalue weighted by molar-refractivity contribution is 0.0700. The van der Waals surface area contributed by atoms with Crippen molar-refractivity contribution in [2.75, 3.05) is 32.7 Å². The third-order valence-corrected chi connectivity index (χ3v) is 5.96. The van der Waals surface area contributed by atoms with E-state index >= 15 is 0 Å². The molecule has 0 spiro atoms. The van der Waals surface area contributed by atoms with Crippen LogP contribution in [0, 0.1) is 19.8 Å². The third-order valence-electron chi connectivity index (χ3n) is 5.96. The van der Waals surface area contributed by atoms with Crippen LogP contribution in [0.15, 0.2) is 36.8 Å². The lowest BCUT2D eigenvalue weighted by Gasteiger charge is -2.34. The smallest absolute Gasteiger partial charge is 0.257 e. The summed E-state index contributed by atoms with van der Waals surface area (Å²) in [5, 5.41) is 0. The molecule has 0 bridgehead atoms. The minimum atomic E-state index is 0.0579. The van der Waals surface area contributed by atoms with E-state index in [1.165, 1.54) is 17.5 Å². The van der Waals surface area contributed by atoms with E-state index < -0.39 is 0 Å². The number of carbonyl (C=O) groups excluding carboxylic acids is 1. The molecule has 28 heavy (non-hydrogen) atoms. The van der Waals surface area contributed by atoms with Gasteiger partial charge in [-0.3, -0.25) is 4.79 Å². The molecule has 0 aliphatic carbocycles. The van der Waals surface area contributed by atoms with Crippen LogP contribution in [0.4, 0.5) is 0 Å². The second-order valence-electron chi connectivity index (χ2n) is 7.83. The maximum absolute atomic E-state index is 12.9. The average molecular weight is 381 g/mol. The quantitative estimate of drug-likeness (QED) is 0.738. The highest BCUT2D eigenvalue weighted by Crippen LogP contribution is 2.20. The topological polar surface area (TPSA) is 49.3 Å². The van der Waals surface area contributed by atoms with Crippen LogP contribution in [0.1, 0.15) is 46.9 Å². The summed E-state index contributed by atoms with van der Waals surface area (Å²) in [6.45, 7) is 11.0. The number of benzene rings is 1. The van der Waals surface area contributed by atoms with Crippen molar-refractivity contribution in [3.63, 3.8) is 0 Å². The number of amides is 1. The van der Waals surface area contributed by atoms with E-state index in [2.05, 4.69) is 46.1 Å². The van der Waals surface area contributed by atoms with Gasteiger partial charge in [0.05, 0.1) is 11.3 Å². The van der Waals surface area contributed by atoms with E-state index in [4.69, 9.17) is 0 Å². The molecule has 5 heteroatoms. The van der Waals surface area contributed by atoms with Gasteiger partial charge < -0.3 is 9.80 Å². The first-order valence-corrected chi connectivity index (χ1v) is 10.4. The molecule has 1 aliphatic heterocycles. The predicted octanol–water partition coefficient (Wildman–Crippen LogP) is 3.51. The van der Waals surface area contributed by atoms with Gasteiger partial charge in [0.1, 0.15) is 6.33 Å². The van der Waals surface area contributed by atoms with Crippen molar-refractivity contribution in [1.29, 1.82) is 0 Å². The van der Waals surface area contributed by atoms with E-state index in [0.717, 1.165) is 57.7 Å². The Morgan fingerprint density at radius 2 is 1.96 bits per heavy atom. The second-order valence-corrected chi connectivity index (χ2v) is 7.83. The molecule has 0 N–H and O–H groups in total. The molecule has 150 valence electrons. The molecule has 0 unspecified atom stereocenters. The summed E-state index contributed by atoms with van der Waals surface area (Å²) in [6.07, 6.45) is 6.56. The van der Waals surface area contributed by atoms with Gasteiger partial charge in [0, 0.05) is 25.8 Å². The molecule has 1 aromatic heterocycles. The maximum atomic E-state index is 12.9. The zero-order valence-electron chi connectivity index (χ0n) is 17.4. The maximum Gasteiger partial charge on any atom is 0.257 e. The molecule has 0 atom stereocenters. The molecule has 1 aromatic carbocycles. The summed E-state index contributed by atoms with van der Waals surface area (Å²) in [4.78, 5) is 25.6. The van der Waals surface area contributed by atoms with Crippen molar-refractivity contribution in [2.45, 2.75) is 40.0 Å².